The van der Waals surface area contributed by atoms with E-state index in [9.17, 15) is 14.4 Å². The third-order valence-corrected chi connectivity index (χ3v) is 8.30. The molecule has 5 rings (SSSR count). The number of carbonyl (C=O) groups is 3. The van der Waals surface area contributed by atoms with E-state index in [1.165, 1.54) is 6.42 Å². The lowest BCUT2D eigenvalue weighted by Gasteiger charge is -2.34. The minimum atomic E-state index is -1.15. The van der Waals surface area contributed by atoms with E-state index in [1.807, 2.05) is 32.9 Å². The summed E-state index contributed by atoms with van der Waals surface area (Å²) in [5.74, 6) is -1.46. The smallest absolute Gasteiger partial charge is 0.246 e. The van der Waals surface area contributed by atoms with Gasteiger partial charge in [0.25, 0.3) is 0 Å². The Kier molecular flexibility index (Phi) is 8.28. The van der Waals surface area contributed by atoms with Gasteiger partial charge in [0, 0.05) is 24.9 Å². The van der Waals surface area contributed by atoms with Crippen molar-refractivity contribution in [3.8, 4) is 5.75 Å². The van der Waals surface area contributed by atoms with Crippen molar-refractivity contribution in [1.82, 2.24) is 10.2 Å². The maximum Gasteiger partial charge on any atom is 0.246 e. The summed E-state index contributed by atoms with van der Waals surface area (Å²) in [6.07, 6.45) is 9.06. The normalized spacial score (nSPS) is 29.6. The Morgan fingerprint density at radius 2 is 1.87 bits per heavy atom. The molecule has 3 heterocycles. The fourth-order valence-corrected chi connectivity index (χ4v) is 6.62. The molecule has 3 amide bonds. The first-order valence-electron chi connectivity index (χ1n) is 14.5. The first-order chi connectivity index (χ1) is 18.8. The van der Waals surface area contributed by atoms with Gasteiger partial charge in [-0.1, -0.05) is 31.4 Å². The monoisotopic (exact) mass is 539 g/mol. The van der Waals surface area contributed by atoms with Crippen LogP contribution in [0.1, 0.15) is 59.3 Å². The first kappa shape index (κ1) is 27.6. The Morgan fingerprint density at radius 3 is 2.56 bits per heavy atom. The zero-order chi connectivity index (χ0) is 27.6. The van der Waals surface area contributed by atoms with Gasteiger partial charge in [-0.25, -0.2) is 0 Å². The van der Waals surface area contributed by atoms with E-state index < -0.39 is 29.6 Å². The maximum absolute atomic E-state index is 14.0. The predicted molar refractivity (Wildman–Crippen MR) is 146 cm³/mol. The van der Waals surface area contributed by atoms with Crippen molar-refractivity contribution in [3.63, 3.8) is 0 Å². The van der Waals surface area contributed by atoms with E-state index in [0.29, 0.717) is 31.9 Å². The minimum Gasteiger partial charge on any atom is -0.494 e. The van der Waals surface area contributed by atoms with Crippen LogP contribution in [0.4, 0.5) is 5.69 Å². The van der Waals surface area contributed by atoms with Crippen LogP contribution in [0.2, 0.25) is 0 Å². The van der Waals surface area contributed by atoms with Gasteiger partial charge in [-0.15, -0.1) is 0 Å². The lowest BCUT2D eigenvalue weighted by Crippen LogP contribution is -2.56. The molecule has 3 fully saturated rings. The van der Waals surface area contributed by atoms with Crippen LogP contribution < -0.4 is 15.4 Å². The summed E-state index contributed by atoms with van der Waals surface area (Å²) in [6.45, 7) is 7.25. The first-order valence-corrected chi connectivity index (χ1v) is 14.5. The molecule has 0 radical (unpaired) electrons. The highest BCUT2D eigenvalue weighted by Gasteiger charge is 2.72. The summed E-state index contributed by atoms with van der Waals surface area (Å²) >= 11 is 0. The van der Waals surface area contributed by atoms with Crippen molar-refractivity contribution in [2.45, 2.75) is 89.2 Å². The van der Waals surface area contributed by atoms with E-state index in [2.05, 4.69) is 10.6 Å². The van der Waals surface area contributed by atoms with Crippen molar-refractivity contribution >= 4 is 23.4 Å². The molecule has 4 aliphatic rings. The maximum atomic E-state index is 14.0. The van der Waals surface area contributed by atoms with Gasteiger partial charge in [0.15, 0.2) is 0 Å². The number of amides is 3. The lowest BCUT2D eigenvalue weighted by atomic mass is 9.74. The fraction of sp³-hybridized carbons (Fsp3) is 0.633. The standard InChI is InChI=1S/C30H41N3O6/c1-4-37-22-13-11-21(12-14-22)31-27(34)24-23-15-16-30(39-23)25(24)29(36)33(17-8-18-38-19(2)3)26(30)28(35)32-20-9-6-5-7-10-20/h11-16,19-20,23-26H,4-10,17-18H2,1-3H3,(H,31,34)(H,32,35)/t23-,24-,25-,26-,30-/m0/s1. The van der Waals surface area contributed by atoms with E-state index in [0.717, 1.165) is 31.4 Å². The highest BCUT2D eigenvalue weighted by molar-refractivity contribution is 6.02. The topological polar surface area (TPSA) is 106 Å². The molecule has 39 heavy (non-hydrogen) atoms. The largest absolute Gasteiger partial charge is 0.494 e. The third kappa shape index (κ3) is 5.43. The van der Waals surface area contributed by atoms with Crippen molar-refractivity contribution < 1.29 is 28.6 Å². The molecule has 1 spiro atoms. The number of nitrogens with one attached hydrogen (secondary N) is 2. The molecule has 1 aromatic carbocycles. The van der Waals surface area contributed by atoms with E-state index >= 15 is 0 Å². The molecule has 9 nitrogen and oxygen atoms in total. The number of fused-ring (bicyclic) bond motifs is 1. The van der Waals surface area contributed by atoms with E-state index in [-0.39, 0.29) is 29.9 Å². The average molecular weight is 540 g/mol. The molecule has 2 bridgehead atoms. The summed E-state index contributed by atoms with van der Waals surface area (Å²) in [5.41, 5.74) is -0.538. The molecule has 0 unspecified atom stereocenters. The zero-order valence-corrected chi connectivity index (χ0v) is 23.2. The predicted octanol–water partition coefficient (Wildman–Crippen LogP) is 3.44. The molecule has 2 saturated heterocycles. The number of hydrogen-bond donors (Lipinski definition) is 2. The molecule has 2 N–H and O–H groups in total. The Bertz CT molecular complexity index is 1080. The Morgan fingerprint density at radius 1 is 1.13 bits per heavy atom. The second kappa shape index (κ2) is 11.7. The van der Waals surface area contributed by atoms with Crippen LogP contribution in [0.5, 0.6) is 5.75 Å². The van der Waals surface area contributed by atoms with Crippen molar-refractivity contribution in [2.24, 2.45) is 11.8 Å². The molecule has 3 aliphatic heterocycles. The summed E-state index contributed by atoms with van der Waals surface area (Å²) in [7, 11) is 0. The van der Waals surface area contributed by atoms with Crippen LogP contribution in [-0.2, 0) is 23.9 Å². The Labute approximate surface area is 230 Å². The highest BCUT2D eigenvalue weighted by Crippen LogP contribution is 2.55. The highest BCUT2D eigenvalue weighted by atomic mass is 16.5. The molecule has 5 atom stereocenters. The van der Waals surface area contributed by atoms with Crippen molar-refractivity contribution in [3.05, 3.63) is 36.4 Å². The van der Waals surface area contributed by atoms with Gasteiger partial charge in [-0.05, 0) is 64.3 Å². The molecule has 1 saturated carbocycles. The number of benzene rings is 1. The van der Waals surface area contributed by atoms with Crippen LogP contribution in [0, 0.1) is 11.8 Å². The Balaban J connectivity index is 1.37. The van der Waals surface area contributed by atoms with Crippen molar-refractivity contribution in [1.29, 1.82) is 0 Å². The molecule has 0 aromatic heterocycles. The second-order valence-corrected chi connectivity index (χ2v) is 11.3. The average Bonchev–Trinajstić information content (AvgIpc) is 3.56. The number of hydrogen-bond acceptors (Lipinski definition) is 6. The summed E-state index contributed by atoms with van der Waals surface area (Å²) in [6, 6.07) is 6.43. The number of nitrogens with zero attached hydrogens (tertiary/aromatic N) is 1. The van der Waals surface area contributed by atoms with Crippen LogP contribution >= 0.6 is 0 Å². The number of carbonyl (C=O) groups excluding carboxylic acids is 3. The summed E-state index contributed by atoms with van der Waals surface area (Å²) in [4.78, 5) is 43.0. The van der Waals surface area contributed by atoms with Gasteiger partial charge in [-0.3, -0.25) is 14.4 Å². The number of rotatable bonds is 11. The number of anilines is 1. The van der Waals surface area contributed by atoms with Crippen molar-refractivity contribution in [2.75, 3.05) is 25.1 Å². The molecule has 9 heteroatoms. The summed E-state index contributed by atoms with van der Waals surface area (Å²) in [5, 5.41) is 6.18. The van der Waals surface area contributed by atoms with Gasteiger partial charge in [-0.2, -0.15) is 0 Å². The van der Waals surface area contributed by atoms with Crippen LogP contribution in [0.3, 0.4) is 0 Å². The zero-order valence-electron chi connectivity index (χ0n) is 23.2. The molecule has 1 aromatic rings. The van der Waals surface area contributed by atoms with Crippen LogP contribution in [-0.4, -0.2) is 72.3 Å². The van der Waals surface area contributed by atoms with Gasteiger partial charge >= 0.3 is 0 Å². The SMILES string of the molecule is CCOc1ccc(NC(=O)[C@H]2[C@@H]3C=C[C@]4(O3)[C@@H]2C(=O)N(CCCOC(C)C)[C@H]4C(=O)NC2CCCCC2)cc1. The molecular formula is C30H41N3O6. The number of likely N-dealkylation sites (tertiary alicyclic amines) is 1. The second-order valence-electron chi connectivity index (χ2n) is 11.3. The fourth-order valence-electron chi connectivity index (χ4n) is 6.62. The van der Waals surface area contributed by atoms with Gasteiger partial charge in [0.2, 0.25) is 17.7 Å². The van der Waals surface area contributed by atoms with E-state index in [4.69, 9.17) is 14.2 Å². The Hall–Kier alpha value is -2.91. The lowest BCUT2D eigenvalue weighted by molar-refractivity contribution is -0.141. The van der Waals surface area contributed by atoms with Gasteiger partial charge in [0.1, 0.15) is 17.4 Å². The van der Waals surface area contributed by atoms with Gasteiger partial charge < -0.3 is 29.7 Å². The van der Waals surface area contributed by atoms with E-state index in [1.54, 1.807) is 29.2 Å². The number of ether oxygens (including phenoxy) is 3. The quantitative estimate of drug-likeness (QED) is 0.330. The van der Waals surface area contributed by atoms with Crippen LogP contribution in [0.25, 0.3) is 0 Å². The molecular weight excluding hydrogens is 498 g/mol. The molecule has 1 aliphatic carbocycles. The van der Waals surface area contributed by atoms with Gasteiger partial charge in [0.05, 0.1) is 30.7 Å². The van der Waals surface area contributed by atoms with Crippen LogP contribution in [0.15, 0.2) is 36.4 Å². The summed E-state index contributed by atoms with van der Waals surface area (Å²) < 4.78 is 17.6. The molecule has 212 valence electrons. The third-order valence-electron chi connectivity index (χ3n) is 8.30. The minimum absolute atomic E-state index is 0.0835.